The highest BCUT2D eigenvalue weighted by Gasteiger charge is 2.28. The zero-order valence-electron chi connectivity index (χ0n) is 14.5. The van der Waals surface area contributed by atoms with E-state index in [1.54, 1.807) is 11.9 Å². The van der Waals surface area contributed by atoms with Crippen LogP contribution in [-0.2, 0) is 9.59 Å². The van der Waals surface area contributed by atoms with Gasteiger partial charge in [0, 0.05) is 52.6 Å². The van der Waals surface area contributed by atoms with Gasteiger partial charge in [-0.3, -0.25) is 14.5 Å². The van der Waals surface area contributed by atoms with Crippen molar-refractivity contribution in [3.05, 3.63) is 35.9 Å². The molecule has 7 heteroatoms. The number of hydrazone groups is 1. The van der Waals surface area contributed by atoms with Crippen LogP contribution in [0.25, 0.3) is 0 Å². The van der Waals surface area contributed by atoms with Gasteiger partial charge in [-0.05, 0) is 5.56 Å². The molecule has 1 saturated heterocycles. The molecule has 0 spiro atoms. The van der Waals surface area contributed by atoms with Crippen LogP contribution in [0.5, 0.6) is 0 Å². The maximum atomic E-state index is 12.5. The third-order valence-electron chi connectivity index (χ3n) is 4.73. The van der Waals surface area contributed by atoms with E-state index in [1.807, 2.05) is 30.3 Å². The van der Waals surface area contributed by atoms with E-state index >= 15 is 0 Å². The molecule has 2 heterocycles. The van der Waals surface area contributed by atoms with Crippen LogP contribution in [0.1, 0.15) is 24.5 Å². The Labute approximate surface area is 147 Å². The van der Waals surface area contributed by atoms with Gasteiger partial charge in [0.25, 0.3) is 5.91 Å². The number of carbonyl (C=O) groups excluding carboxylic acids is 2. The van der Waals surface area contributed by atoms with Gasteiger partial charge in [-0.2, -0.15) is 5.10 Å². The van der Waals surface area contributed by atoms with Gasteiger partial charge in [0.1, 0.15) is 5.71 Å². The van der Waals surface area contributed by atoms with E-state index in [2.05, 4.69) is 10.0 Å². The summed E-state index contributed by atoms with van der Waals surface area (Å²) in [4.78, 5) is 28.0. The molecular formula is C18H24N4O3. The number of aliphatic hydroxyl groups excluding tert-OH is 1. The number of carbonyl (C=O) groups is 2. The smallest absolute Gasteiger partial charge is 0.270 e. The SMILES string of the molecule is CN1N=C(C(=O)N2CCN(C[C@@H](O)c3ccccc3)CC2)CCC1=O. The standard InChI is InChI=1S/C18H24N4O3/c1-20-17(24)8-7-15(19-20)18(25)22-11-9-21(10-12-22)13-16(23)14-5-3-2-4-6-14/h2-6,16,23H,7-13H2,1H3/t16-/m1/s1. The van der Waals surface area contributed by atoms with Crippen molar-refractivity contribution in [2.45, 2.75) is 18.9 Å². The van der Waals surface area contributed by atoms with Crippen LogP contribution in [0.2, 0.25) is 0 Å². The summed E-state index contributed by atoms with van der Waals surface area (Å²) in [5, 5.41) is 15.7. The maximum Gasteiger partial charge on any atom is 0.270 e. The fraction of sp³-hybridized carbons (Fsp3) is 0.500. The number of rotatable bonds is 4. The van der Waals surface area contributed by atoms with Crippen molar-refractivity contribution in [2.24, 2.45) is 5.10 Å². The van der Waals surface area contributed by atoms with Gasteiger partial charge in [-0.15, -0.1) is 0 Å². The molecule has 1 aromatic carbocycles. The third-order valence-corrected chi connectivity index (χ3v) is 4.73. The summed E-state index contributed by atoms with van der Waals surface area (Å²) in [6.45, 7) is 3.22. The monoisotopic (exact) mass is 344 g/mol. The van der Waals surface area contributed by atoms with Gasteiger partial charge in [-0.1, -0.05) is 30.3 Å². The summed E-state index contributed by atoms with van der Waals surface area (Å²) in [7, 11) is 1.58. The van der Waals surface area contributed by atoms with Crippen LogP contribution >= 0.6 is 0 Å². The Morgan fingerprint density at radius 3 is 2.48 bits per heavy atom. The molecule has 0 radical (unpaired) electrons. The van der Waals surface area contributed by atoms with Crippen LogP contribution in [0.15, 0.2) is 35.4 Å². The van der Waals surface area contributed by atoms with Gasteiger partial charge in [0.05, 0.1) is 6.10 Å². The van der Waals surface area contributed by atoms with Crippen LogP contribution in [0.4, 0.5) is 0 Å². The second kappa shape index (κ2) is 7.76. The lowest BCUT2D eigenvalue weighted by Gasteiger charge is -2.36. The Morgan fingerprint density at radius 2 is 1.84 bits per heavy atom. The fourth-order valence-electron chi connectivity index (χ4n) is 3.16. The second-order valence-corrected chi connectivity index (χ2v) is 6.48. The van der Waals surface area contributed by atoms with Crippen molar-refractivity contribution in [1.29, 1.82) is 0 Å². The number of nitrogens with zero attached hydrogens (tertiary/aromatic N) is 4. The molecule has 0 aliphatic carbocycles. The lowest BCUT2D eigenvalue weighted by atomic mass is 10.1. The average molecular weight is 344 g/mol. The first-order valence-corrected chi connectivity index (χ1v) is 8.63. The van der Waals surface area contributed by atoms with Crippen LogP contribution in [0.3, 0.4) is 0 Å². The molecular weight excluding hydrogens is 320 g/mol. The molecule has 7 nitrogen and oxygen atoms in total. The topological polar surface area (TPSA) is 76.5 Å². The third kappa shape index (κ3) is 4.24. The summed E-state index contributed by atoms with van der Waals surface area (Å²) < 4.78 is 0. The highest BCUT2D eigenvalue weighted by atomic mass is 16.3. The zero-order valence-corrected chi connectivity index (χ0v) is 14.5. The molecule has 1 fully saturated rings. The number of β-amino-alcohol motifs (C(OH)–C–C–N with tert-alkyl or cyclic N) is 1. The molecule has 0 bridgehead atoms. The minimum atomic E-state index is -0.522. The van der Waals surface area contributed by atoms with Crippen LogP contribution < -0.4 is 0 Å². The van der Waals surface area contributed by atoms with Crippen molar-refractivity contribution in [3.8, 4) is 0 Å². The lowest BCUT2D eigenvalue weighted by molar-refractivity contribution is -0.131. The van der Waals surface area contributed by atoms with E-state index in [-0.39, 0.29) is 11.8 Å². The largest absolute Gasteiger partial charge is 0.387 e. The van der Waals surface area contributed by atoms with Gasteiger partial charge < -0.3 is 10.0 Å². The highest BCUT2D eigenvalue weighted by Crippen LogP contribution is 2.16. The van der Waals surface area contributed by atoms with E-state index < -0.39 is 6.10 Å². The first kappa shape index (κ1) is 17.6. The van der Waals surface area contributed by atoms with Crippen molar-refractivity contribution in [1.82, 2.24) is 14.8 Å². The average Bonchev–Trinajstić information content (AvgIpc) is 2.65. The molecule has 3 rings (SSSR count). The summed E-state index contributed by atoms with van der Waals surface area (Å²) in [6, 6.07) is 9.61. The lowest BCUT2D eigenvalue weighted by Crippen LogP contribution is -2.52. The number of amides is 2. The Morgan fingerprint density at radius 1 is 1.16 bits per heavy atom. The molecule has 134 valence electrons. The number of hydrogen-bond donors (Lipinski definition) is 1. The van der Waals surface area contributed by atoms with E-state index in [4.69, 9.17) is 0 Å². The van der Waals surface area contributed by atoms with E-state index in [0.717, 1.165) is 18.7 Å². The molecule has 2 aliphatic heterocycles. The van der Waals surface area contributed by atoms with E-state index in [9.17, 15) is 14.7 Å². The van der Waals surface area contributed by atoms with Gasteiger partial charge in [-0.25, -0.2) is 5.01 Å². The Hall–Kier alpha value is -2.25. The molecule has 0 aromatic heterocycles. The summed E-state index contributed by atoms with van der Waals surface area (Å²) >= 11 is 0. The Kier molecular flexibility index (Phi) is 5.45. The first-order chi connectivity index (χ1) is 12.0. The van der Waals surface area contributed by atoms with Crippen LogP contribution in [0, 0.1) is 0 Å². The Balaban J connectivity index is 1.51. The minimum Gasteiger partial charge on any atom is -0.387 e. The Bertz CT molecular complexity index is 654. The first-order valence-electron chi connectivity index (χ1n) is 8.63. The molecule has 1 aromatic rings. The number of benzene rings is 1. The molecule has 25 heavy (non-hydrogen) atoms. The van der Waals surface area contributed by atoms with E-state index in [0.29, 0.717) is 38.2 Å². The minimum absolute atomic E-state index is 0.0590. The van der Waals surface area contributed by atoms with Crippen molar-refractivity contribution in [3.63, 3.8) is 0 Å². The maximum absolute atomic E-state index is 12.5. The van der Waals surface area contributed by atoms with Gasteiger partial charge in [0.2, 0.25) is 5.91 Å². The highest BCUT2D eigenvalue weighted by molar-refractivity contribution is 6.39. The molecule has 0 saturated carbocycles. The number of hydrogen-bond acceptors (Lipinski definition) is 5. The zero-order chi connectivity index (χ0) is 17.8. The molecule has 1 atom stereocenters. The van der Waals surface area contributed by atoms with Gasteiger partial charge in [0.15, 0.2) is 0 Å². The fourth-order valence-corrected chi connectivity index (χ4v) is 3.16. The molecule has 1 N–H and O–H groups in total. The molecule has 0 unspecified atom stereocenters. The molecule has 2 aliphatic rings. The number of piperazine rings is 1. The summed E-state index contributed by atoms with van der Waals surface area (Å²) in [5.74, 6) is -0.140. The van der Waals surface area contributed by atoms with Crippen molar-refractivity contribution in [2.75, 3.05) is 39.8 Å². The quantitative estimate of drug-likeness (QED) is 0.862. The normalized spacial score (nSPS) is 20.4. The predicted molar refractivity (Wildman–Crippen MR) is 93.9 cm³/mol. The van der Waals surface area contributed by atoms with Crippen molar-refractivity contribution < 1.29 is 14.7 Å². The van der Waals surface area contributed by atoms with Crippen molar-refractivity contribution >= 4 is 17.5 Å². The summed E-state index contributed by atoms with van der Waals surface area (Å²) in [6.07, 6.45) is 0.227. The van der Waals surface area contributed by atoms with Gasteiger partial charge >= 0.3 is 0 Å². The van der Waals surface area contributed by atoms with Crippen LogP contribution in [-0.4, -0.2) is 77.2 Å². The van der Waals surface area contributed by atoms with E-state index in [1.165, 1.54) is 5.01 Å². The summed E-state index contributed by atoms with van der Waals surface area (Å²) in [5.41, 5.74) is 1.37. The second-order valence-electron chi connectivity index (χ2n) is 6.48. The predicted octanol–water partition coefficient (Wildman–Crippen LogP) is 0.472. The molecule has 2 amide bonds. The number of aliphatic hydroxyl groups is 1.